The highest BCUT2D eigenvalue weighted by atomic mass is 15.3. The van der Waals surface area contributed by atoms with Gasteiger partial charge in [-0.1, -0.05) is 32.1 Å². The zero-order valence-corrected chi connectivity index (χ0v) is 12.4. The van der Waals surface area contributed by atoms with Crippen molar-refractivity contribution in [2.75, 3.05) is 13.1 Å². The third-order valence-electron chi connectivity index (χ3n) is 6.37. The maximum absolute atomic E-state index is 4.02. The van der Waals surface area contributed by atoms with Crippen LogP contribution in [0.2, 0.25) is 0 Å². The molecule has 0 bridgehead atoms. The molecular weight excluding hydrogens is 232 g/mol. The van der Waals surface area contributed by atoms with Gasteiger partial charge < -0.3 is 5.32 Å². The Morgan fingerprint density at radius 1 is 0.842 bits per heavy atom. The molecule has 0 amide bonds. The van der Waals surface area contributed by atoms with Crippen LogP contribution in [0.15, 0.2) is 0 Å². The Balaban J connectivity index is 1.51. The van der Waals surface area contributed by atoms with E-state index in [9.17, 15) is 0 Å². The van der Waals surface area contributed by atoms with Gasteiger partial charge in [0.2, 0.25) is 0 Å². The van der Waals surface area contributed by atoms with Gasteiger partial charge in [-0.05, 0) is 44.4 Å². The summed E-state index contributed by atoms with van der Waals surface area (Å²) >= 11 is 0. The Labute approximate surface area is 118 Å². The number of nitrogens with one attached hydrogen (secondary N) is 1. The van der Waals surface area contributed by atoms with Gasteiger partial charge in [-0.2, -0.15) is 0 Å². The fourth-order valence-corrected chi connectivity index (χ4v) is 5.08. The van der Waals surface area contributed by atoms with Crippen molar-refractivity contribution in [1.82, 2.24) is 10.2 Å². The van der Waals surface area contributed by atoms with Gasteiger partial charge in [-0.15, -0.1) is 0 Å². The Morgan fingerprint density at radius 2 is 1.58 bits per heavy atom. The van der Waals surface area contributed by atoms with E-state index in [1.807, 2.05) is 0 Å². The van der Waals surface area contributed by atoms with E-state index in [4.69, 9.17) is 0 Å². The minimum absolute atomic E-state index is 0.506. The normalized spacial score (nSPS) is 36.9. The summed E-state index contributed by atoms with van der Waals surface area (Å²) in [6.07, 6.45) is 16.2. The minimum Gasteiger partial charge on any atom is -0.308 e. The van der Waals surface area contributed by atoms with Gasteiger partial charge in [0.1, 0.15) is 0 Å². The van der Waals surface area contributed by atoms with E-state index in [2.05, 4.69) is 10.2 Å². The van der Waals surface area contributed by atoms with Crippen molar-refractivity contribution < 1.29 is 0 Å². The van der Waals surface area contributed by atoms with Crippen molar-refractivity contribution in [3.63, 3.8) is 0 Å². The van der Waals surface area contributed by atoms with Crippen molar-refractivity contribution in [2.45, 2.75) is 88.3 Å². The van der Waals surface area contributed by atoms with E-state index in [1.165, 1.54) is 83.7 Å². The highest BCUT2D eigenvalue weighted by Crippen LogP contribution is 2.42. The minimum atomic E-state index is 0.506. The zero-order valence-electron chi connectivity index (χ0n) is 12.4. The first-order chi connectivity index (χ1) is 9.36. The van der Waals surface area contributed by atoms with Crippen LogP contribution in [-0.2, 0) is 0 Å². The van der Waals surface area contributed by atoms with Crippen molar-refractivity contribution in [3.8, 4) is 0 Å². The standard InChI is InChI=1S/C17H30N2/c1-4-10-17(11-5-1)13-19(15-6-2-3-7-15)16(12-18-17)14-8-9-14/h14-16,18H,1-13H2. The zero-order chi connectivity index (χ0) is 12.7. The lowest BCUT2D eigenvalue weighted by atomic mass is 9.78. The molecule has 1 N–H and O–H groups in total. The summed E-state index contributed by atoms with van der Waals surface area (Å²) in [4.78, 5) is 2.99. The molecule has 0 aromatic heterocycles. The first kappa shape index (κ1) is 12.6. The molecule has 2 heteroatoms. The molecular formula is C17H30N2. The molecule has 0 radical (unpaired) electrons. The highest BCUT2D eigenvalue weighted by molar-refractivity contribution is 5.05. The van der Waals surface area contributed by atoms with Crippen LogP contribution in [0.1, 0.15) is 70.6 Å². The van der Waals surface area contributed by atoms with Crippen LogP contribution >= 0.6 is 0 Å². The van der Waals surface area contributed by atoms with Gasteiger partial charge in [0, 0.05) is 30.7 Å². The smallest absolute Gasteiger partial charge is 0.0309 e. The van der Waals surface area contributed by atoms with Crippen LogP contribution in [0.3, 0.4) is 0 Å². The Kier molecular flexibility index (Phi) is 3.35. The predicted molar refractivity (Wildman–Crippen MR) is 79.3 cm³/mol. The monoisotopic (exact) mass is 262 g/mol. The Morgan fingerprint density at radius 3 is 2.26 bits per heavy atom. The maximum Gasteiger partial charge on any atom is 0.0309 e. The highest BCUT2D eigenvalue weighted by Gasteiger charge is 2.46. The van der Waals surface area contributed by atoms with Gasteiger partial charge in [-0.25, -0.2) is 0 Å². The van der Waals surface area contributed by atoms with E-state index in [0.717, 1.165) is 18.0 Å². The van der Waals surface area contributed by atoms with Crippen molar-refractivity contribution in [1.29, 1.82) is 0 Å². The van der Waals surface area contributed by atoms with Crippen LogP contribution in [-0.4, -0.2) is 35.6 Å². The molecule has 4 rings (SSSR count). The second-order valence-corrected chi connectivity index (χ2v) is 7.74. The van der Waals surface area contributed by atoms with E-state index in [0.29, 0.717) is 5.54 Å². The summed E-state index contributed by atoms with van der Waals surface area (Å²) in [6, 6.07) is 1.82. The number of piperazine rings is 1. The second kappa shape index (κ2) is 5.04. The molecule has 2 nitrogen and oxygen atoms in total. The van der Waals surface area contributed by atoms with Crippen molar-refractivity contribution >= 4 is 0 Å². The van der Waals surface area contributed by atoms with Gasteiger partial charge in [0.25, 0.3) is 0 Å². The Bertz CT molecular complexity index is 311. The topological polar surface area (TPSA) is 15.3 Å². The molecule has 1 aliphatic heterocycles. The fraction of sp³-hybridized carbons (Fsp3) is 1.00. The van der Waals surface area contributed by atoms with E-state index < -0.39 is 0 Å². The third kappa shape index (κ3) is 2.47. The summed E-state index contributed by atoms with van der Waals surface area (Å²) in [5.41, 5.74) is 0.506. The molecule has 3 saturated carbocycles. The quantitative estimate of drug-likeness (QED) is 0.821. The maximum atomic E-state index is 4.02. The largest absolute Gasteiger partial charge is 0.308 e. The average Bonchev–Trinajstić information content (AvgIpc) is 3.14. The van der Waals surface area contributed by atoms with E-state index in [1.54, 1.807) is 0 Å². The molecule has 1 atom stereocenters. The third-order valence-corrected chi connectivity index (χ3v) is 6.37. The lowest BCUT2D eigenvalue weighted by molar-refractivity contribution is 0.0170. The fourth-order valence-electron chi connectivity index (χ4n) is 5.08. The van der Waals surface area contributed by atoms with E-state index >= 15 is 0 Å². The van der Waals surface area contributed by atoms with Crippen LogP contribution in [0.5, 0.6) is 0 Å². The van der Waals surface area contributed by atoms with Crippen LogP contribution in [0, 0.1) is 5.92 Å². The lowest BCUT2D eigenvalue weighted by Crippen LogP contribution is -2.66. The summed E-state index contributed by atoms with van der Waals surface area (Å²) in [6.45, 7) is 2.67. The van der Waals surface area contributed by atoms with Crippen LogP contribution in [0.25, 0.3) is 0 Å². The number of nitrogens with zero attached hydrogens (tertiary/aromatic N) is 1. The molecule has 3 aliphatic carbocycles. The summed E-state index contributed by atoms with van der Waals surface area (Å²) in [5, 5.41) is 4.02. The first-order valence-corrected chi connectivity index (χ1v) is 8.87. The summed E-state index contributed by atoms with van der Waals surface area (Å²) in [5.74, 6) is 1.04. The first-order valence-electron chi connectivity index (χ1n) is 8.87. The summed E-state index contributed by atoms with van der Waals surface area (Å²) < 4.78 is 0. The molecule has 1 spiro atoms. The number of rotatable bonds is 2. The molecule has 4 aliphatic rings. The molecule has 1 saturated heterocycles. The van der Waals surface area contributed by atoms with Gasteiger partial charge in [-0.3, -0.25) is 4.90 Å². The Hall–Kier alpha value is -0.0800. The molecule has 1 heterocycles. The van der Waals surface area contributed by atoms with Gasteiger partial charge in [0.05, 0.1) is 0 Å². The molecule has 0 aromatic rings. The summed E-state index contributed by atoms with van der Waals surface area (Å²) in [7, 11) is 0. The average molecular weight is 262 g/mol. The van der Waals surface area contributed by atoms with E-state index in [-0.39, 0.29) is 0 Å². The number of hydrogen-bond acceptors (Lipinski definition) is 2. The van der Waals surface area contributed by atoms with Crippen LogP contribution in [0.4, 0.5) is 0 Å². The second-order valence-electron chi connectivity index (χ2n) is 7.74. The number of hydrogen-bond donors (Lipinski definition) is 1. The molecule has 19 heavy (non-hydrogen) atoms. The van der Waals surface area contributed by atoms with Crippen molar-refractivity contribution in [3.05, 3.63) is 0 Å². The lowest BCUT2D eigenvalue weighted by Gasteiger charge is -2.52. The van der Waals surface area contributed by atoms with Gasteiger partial charge in [0.15, 0.2) is 0 Å². The SMILES string of the molecule is C1CCC2(CC1)CN(C1CCCC1)C(C1CC1)CN2. The van der Waals surface area contributed by atoms with Crippen LogP contribution < -0.4 is 5.32 Å². The molecule has 0 aromatic carbocycles. The molecule has 1 unspecified atom stereocenters. The molecule has 4 fully saturated rings. The molecule has 108 valence electrons. The van der Waals surface area contributed by atoms with Crippen molar-refractivity contribution in [2.24, 2.45) is 5.92 Å². The van der Waals surface area contributed by atoms with Gasteiger partial charge >= 0.3 is 0 Å². The predicted octanol–water partition coefficient (Wildman–Crippen LogP) is 3.32.